The highest BCUT2D eigenvalue weighted by Crippen LogP contribution is 2.31. The van der Waals surface area contributed by atoms with Crippen molar-refractivity contribution in [1.29, 1.82) is 0 Å². The van der Waals surface area contributed by atoms with Crippen molar-refractivity contribution in [3.63, 3.8) is 0 Å². The molecule has 3 rings (SSSR count). The molecule has 1 aliphatic carbocycles. The second-order valence-corrected chi connectivity index (χ2v) is 4.77. The summed E-state index contributed by atoms with van der Waals surface area (Å²) in [6.07, 6.45) is 2.41. The number of non-ortho nitro benzene ring substituents is 1. The number of nitrogens with zero attached hydrogens (tertiary/aromatic N) is 1. The molecular formula is C16H13NO4. The van der Waals surface area contributed by atoms with Gasteiger partial charge in [-0.15, -0.1) is 0 Å². The van der Waals surface area contributed by atoms with Crippen molar-refractivity contribution in [1.82, 2.24) is 0 Å². The first-order chi connectivity index (χ1) is 10.1. The molecule has 0 aliphatic heterocycles. The molecule has 0 heterocycles. The fourth-order valence-corrected chi connectivity index (χ4v) is 2.32. The fraction of sp³-hybridized carbons (Fsp3) is 0.125. The van der Waals surface area contributed by atoms with Crippen LogP contribution in [0, 0.1) is 10.1 Å². The van der Waals surface area contributed by atoms with Gasteiger partial charge in [0.25, 0.3) is 5.69 Å². The van der Waals surface area contributed by atoms with Gasteiger partial charge in [-0.05, 0) is 29.3 Å². The summed E-state index contributed by atoms with van der Waals surface area (Å²) in [5.41, 5.74) is 1.79. The Morgan fingerprint density at radius 1 is 1.10 bits per heavy atom. The van der Waals surface area contributed by atoms with Crippen molar-refractivity contribution < 1.29 is 14.8 Å². The van der Waals surface area contributed by atoms with E-state index in [1.807, 2.05) is 30.3 Å². The van der Waals surface area contributed by atoms with E-state index in [9.17, 15) is 15.2 Å². The summed E-state index contributed by atoms with van der Waals surface area (Å²) < 4.78 is 5.70. The molecule has 0 spiro atoms. The van der Waals surface area contributed by atoms with Gasteiger partial charge < -0.3 is 9.84 Å². The molecule has 5 nitrogen and oxygen atoms in total. The SMILES string of the molecule is O=[N+]([O-])c1ccc(O[C@H]2C=Cc3ccccc3C2O)cc1. The molecule has 0 radical (unpaired) electrons. The van der Waals surface area contributed by atoms with Crippen LogP contribution in [-0.2, 0) is 0 Å². The van der Waals surface area contributed by atoms with Gasteiger partial charge in [0.15, 0.2) is 0 Å². The molecule has 0 bridgehead atoms. The van der Waals surface area contributed by atoms with E-state index in [0.717, 1.165) is 11.1 Å². The molecule has 1 N–H and O–H groups in total. The maximum atomic E-state index is 10.6. The number of aliphatic hydroxyl groups is 1. The normalized spacial score (nSPS) is 19.9. The third-order valence-electron chi connectivity index (χ3n) is 3.41. The van der Waals surface area contributed by atoms with Gasteiger partial charge in [0.1, 0.15) is 18.0 Å². The van der Waals surface area contributed by atoms with E-state index in [4.69, 9.17) is 4.74 Å². The molecule has 0 saturated carbocycles. The zero-order valence-electron chi connectivity index (χ0n) is 11.0. The summed E-state index contributed by atoms with van der Waals surface area (Å²) in [4.78, 5) is 10.1. The third-order valence-corrected chi connectivity index (χ3v) is 3.41. The minimum absolute atomic E-state index is 0.00688. The predicted molar refractivity (Wildman–Crippen MR) is 77.9 cm³/mol. The first kappa shape index (κ1) is 13.3. The molecule has 0 amide bonds. The van der Waals surface area contributed by atoms with Gasteiger partial charge in [-0.2, -0.15) is 0 Å². The Morgan fingerprint density at radius 3 is 2.52 bits per heavy atom. The first-order valence-electron chi connectivity index (χ1n) is 6.51. The van der Waals surface area contributed by atoms with E-state index in [1.54, 1.807) is 6.08 Å². The molecule has 2 atom stereocenters. The highest BCUT2D eigenvalue weighted by molar-refractivity contribution is 5.58. The Kier molecular flexibility index (Phi) is 3.41. The molecule has 106 valence electrons. The van der Waals surface area contributed by atoms with Crippen LogP contribution < -0.4 is 4.74 Å². The maximum Gasteiger partial charge on any atom is 0.269 e. The highest BCUT2D eigenvalue weighted by Gasteiger charge is 2.25. The molecule has 2 aromatic carbocycles. The number of fused-ring (bicyclic) bond motifs is 1. The molecule has 1 aliphatic rings. The summed E-state index contributed by atoms with van der Waals surface area (Å²) in [7, 11) is 0. The van der Waals surface area contributed by atoms with Crippen LogP contribution in [0.15, 0.2) is 54.6 Å². The van der Waals surface area contributed by atoms with Crippen molar-refractivity contribution in [3.8, 4) is 5.75 Å². The van der Waals surface area contributed by atoms with Crippen molar-refractivity contribution >= 4 is 11.8 Å². The monoisotopic (exact) mass is 283 g/mol. The molecule has 0 saturated heterocycles. The second kappa shape index (κ2) is 5.38. The van der Waals surface area contributed by atoms with Gasteiger partial charge in [-0.1, -0.05) is 30.3 Å². The van der Waals surface area contributed by atoms with Crippen molar-refractivity contribution in [3.05, 3.63) is 75.8 Å². The minimum atomic E-state index is -0.763. The van der Waals surface area contributed by atoms with Crippen LogP contribution in [0.25, 0.3) is 6.08 Å². The number of hydrogen-bond donors (Lipinski definition) is 1. The Hall–Kier alpha value is -2.66. The number of nitro groups is 1. The van der Waals surface area contributed by atoms with Crippen molar-refractivity contribution in [2.75, 3.05) is 0 Å². The first-order valence-corrected chi connectivity index (χ1v) is 6.51. The smallest absolute Gasteiger partial charge is 0.269 e. The molecule has 0 fully saturated rings. The van der Waals surface area contributed by atoms with Crippen molar-refractivity contribution in [2.24, 2.45) is 0 Å². The van der Waals surface area contributed by atoms with Gasteiger partial charge >= 0.3 is 0 Å². The molecule has 21 heavy (non-hydrogen) atoms. The van der Waals surface area contributed by atoms with Crippen LogP contribution in [0.4, 0.5) is 5.69 Å². The maximum absolute atomic E-state index is 10.6. The Bertz CT molecular complexity index is 694. The lowest BCUT2D eigenvalue weighted by atomic mass is 9.93. The Morgan fingerprint density at radius 2 is 1.81 bits per heavy atom. The fourth-order valence-electron chi connectivity index (χ4n) is 2.32. The van der Waals surface area contributed by atoms with Crippen LogP contribution in [0.5, 0.6) is 5.75 Å². The second-order valence-electron chi connectivity index (χ2n) is 4.77. The van der Waals surface area contributed by atoms with E-state index in [0.29, 0.717) is 5.75 Å². The summed E-state index contributed by atoms with van der Waals surface area (Å²) in [5, 5.41) is 20.9. The lowest BCUT2D eigenvalue weighted by Gasteiger charge is -2.26. The lowest BCUT2D eigenvalue weighted by Crippen LogP contribution is -2.25. The van der Waals surface area contributed by atoms with E-state index >= 15 is 0 Å². The van der Waals surface area contributed by atoms with Crippen LogP contribution >= 0.6 is 0 Å². The quantitative estimate of drug-likeness (QED) is 0.694. The molecule has 0 aromatic heterocycles. The number of nitro benzene ring substituents is 1. The van der Waals surface area contributed by atoms with Crippen LogP contribution in [-0.4, -0.2) is 16.1 Å². The average molecular weight is 283 g/mol. The van der Waals surface area contributed by atoms with Gasteiger partial charge in [-0.25, -0.2) is 0 Å². The number of hydrogen-bond acceptors (Lipinski definition) is 4. The van der Waals surface area contributed by atoms with E-state index < -0.39 is 17.1 Å². The molecule has 1 unspecified atom stereocenters. The number of benzene rings is 2. The van der Waals surface area contributed by atoms with E-state index in [-0.39, 0.29) is 5.69 Å². The zero-order valence-corrected chi connectivity index (χ0v) is 11.0. The average Bonchev–Trinajstić information content (AvgIpc) is 2.51. The standard InChI is InChI=1S/C16H13NO4/c18-16-14-4-2-1-3-11(14)5-10-15(16)21-13-8-6-12(7-9-13)17(19)20/h1-10,15-16,18H/t15-,16?/m0/s1. The van der Waals surface area contributed by atoms with E-state index in [1.165, 1.54) is 24.3 Å². The lowest BCUT2D eigenvalue weighted by molar-refractivity contribution is -0.384. The Balaban J connectivity index is 1.79. The van der Waals surface area contributed by atoms with Crippen molar-refractivity contribution in [2.45, 2.75) is 12.2 Å². The van der Waals surface area contributed by atoms with Gasteiger partial charge in [-0.3, -0.25) is 10.1 Å². The topological polar surface area (TPSA) is 72.6 Å². The summed E-state index contributed by atoms with van der Waals surface area (Å²) in [5.74, 6) is 0.480. The van der Waals surface area contributed by atoms with Gasteiger partial charge in [0.2, 0.25) is 0 Å². The third kappa shape index (κ3) is 2.64. The minimum Gasteiger partial charge on any atom is -0.483 e. The van der Waals surface area contributed by atoms with Crippen LogP contribution in [0.1, 0.15) is 17.2 Å². The number of aliphatic hydroxyl groups excluding tert-OH is 1. The molecular weight excluding hydrogens is 270 g/mol. The summed E-state index contributed by atoms with van der Waals surface area (Å²) >= 11 is 0. The number of ether oxygens (including phenoxy) is 1. The van der Waals surface area contributed by atoms with Crippen LogP contribution in [0.3, 0.4) is 0 Å². The summed E-state index contributed by atoms with van der Waals surface area (Å²) in [6, 6.07) is 13.4. The largest absolute Gasteiger partial charge is 0.483 e. The molecule has 5 heteroatoms. The Labute approximate surface area is 121 Å². The van der Waals surface area contributed by atoms with Crippen LogP contribution in [0.2, 0.25) is 0 Å². The summed E-state index contributed by atoms with van der Waals surface area (Å²) in [6.45, 7) is 0. The van der Waals surface area contributed by atoms with Gasteiger partial charge in [0, 0.05) is 12.1 Å². The van der Waals surface area contributed by atoms with E-state index in [2.05, 4.69) is 0 Å². The number of rotatable bonds is 3. The predicted octanol–water partition coefficient (Wildman–Crippen LogP) is 3.10. The molecule has 2 aromatic rings. The zero-order chi connectivity index (χ0) is 14.8. The van der Waals surface area contributed by atoms with Gasteiger partial charge in [0.05, 0.1) is 4.92 Å². The highest BCUT2D eigenvalue weighted by atomic mass is 16.6.